The number of fused-ring (bicyclic) bond motifs is 2. The largest absolute Gasteiger partial charge is 0.497 e. The van der Waals surface area contributed by atoms with Crippen molar-refractivity contribution in [2.24, 2.45) is 0 Å². The van der Waals surface area contributed by atoms with Crippen LogP contribution < -0.4 is 10.1 Å². The van der Waals surface area contributed by atoms with Crippen molar-refractivity contribution < 1.29 is 33.4 Å². The first-order valence-electron chi connectivity index (χ1n) is 9.75. The van der Waals surface area contributed by atoms with Crippen LogP contribution in [0.1, 0.15) is 38.6 Å². The van der Waals surface area contributed by atoms with Crippen LogP contribution in [0.3, 0.4) is 0 Å². The van der Waals surface area contributed by atoms with Gasteiger partial charge in [-0.3, -0.25) is 19.7 Å². The molecular weight excluding hydrogens is 418 g/mol. The van der Waals surface area contributed by atoms with Gasteiger partial charge in [-0.05, 0) is 29.8 Å². The van der Waals surface area contributed by atoms with Crippen LogP contribution in [0.25, 0.3) is 11.1 Å². The molecule has 2 aliphatic heterocycles. The molecule has 5 rings (SSSR count). The van der Waals surface area contributed by atoms with Crippen molar-refractivity contribution in [1.29, 1.82) is 0 Å². The lowest BCUT2D eigenvalue weighted by Gasteiger charge is -2.28. The Balaban J connectivity index is 1.55. The Hall–Kier alpha value is -4.21. The molecule has 10 heteroatoms. The molecule has 4 heterocycles. The number of hydrogen-bond donors (Lipinski definition) is 2. The number of carboxylic acid groups (broad SMARTS) is 1. The van der Waals surface area contributed by atoms with Crippen molar-refractivity contribution in [2.75, 3.05) is 13.7 Å². The van der Waals surface area contributed by atoms with Crippen LogP contribution in [0.2, 0.25) is 0 Å². The highest BCUT2D eigenvalue weighted by molar-refractivity contribution is 6.10. The fourth-order valence-corrected chi connectivity index (χ4v) is 4.25. The highest BCUT2D eigenvalue weighted by Crippen LogP contribution is 2.39. The smallest absolute Gasteiger partial charge is 0.354 e. The van der Waals surface area contributed by atoms with E-state index < -0.39 is 23.2 Å². The van der Waals surface area contributed by atoms with E-state index >= 15 is 0 Å². The quantitative estimate of drug-likeness (QED) is 0.575. The zero-order valence-electron chi connectivity index (χ0n) is 16.9. The van der Waals surface area contributed by atoms with Crippen LogP contribution in [0.15, 0.2) is 40.8 Å². The van der Waals surface area contributed by atoms with E-state index in [-0.39, 0.29) is 48.0 Å². The Morgan fingerprint density at radius 2 is 2.06 bits per heavy atom. The molecule has 2 N–H and O–H groups in total. The molecule has 1 fully saturated rings. The van der Waals surface area contributed by atoms with E-state index in [1.54, 1.807) is 18.2 Å². The number of aromatic nitrogens is 1. The lowest BCUT2D eigenvalue weighted by Crippen LogP contribution is -2.46. The highest BCUT2D eigenvalue weighted by Gasteiger charge is 2.53. The molecule has 32 heavy (non-hydrogen) atoms. The first kappa shape index (κ1) is 19.7. The predicted molar refractivity (Wildman–Crippen MR) is 108 cm³/mol. The first-order chi connectivity index (χ1) is 15.3. The van der Waals surface area contributed by atoms with Crippen LogP contribution in [0, 0.1) is 0 Å². The number of nitrogens with zero attached hydrogens (tertiary/aromatic N) is 2. The summed E-state index contributed by atoms with van der Waals surface area (Å²) in [5.41, 5.74) is 0.146. The third kappa shape index (κ3) is 2.91. The second-order valence-electron chi connectivity index (χ2n) is 7.82. The number of imide groups is 1. The number of amides is 3. The van der Waals surface area contributed by atoms with Crippen LogP contribution in [-0.2, 0) is 21.5 Å². The fourth-order valence-electron chi connectivity index (χ4n) is 4.25. The van der Waals surface area contributed by atoms with Gasteiger partial charge >= 0.3 is 5.97 Å². The van der Waals surface area contributed by atoms with Gasteiger partial charge in [0.2, 0.25) is 11.8 Å². The number of methoxy groups -OCH3 is 1. The molecule has 1 atom stereocenters. The SMILES string of the molecule is COc1ccc2c(c1)C(=O)N(C[C@@]1(c3cc4nc(C(=O)O)ccc4o3)CC(=O)NC1=O)C2. The molecule has 0 spiro atoms. The van der Waals surface area contributed by atoms with E-state index in [0.717, 1.165) is 5.56 Å². The molecule has 162 valence electrons. The van der Waals surface area contributed by atoms with Crippen LogP contribution in [0.4, 0.5) is 0 Å². The molecule has 2 aliphatic rings. The maximum absolute atomic E-state index is 13.1. The van der Waals surface area contributed by atoms with Crippen molar-refractivity contribution in [3.05, 3.63) is 59.0 Å². The van der Waals surface area contributed by atoms with Crippen LogP contribution in [-0.4, -0.2) is 52.3 Å². The summed E-state index contributed by atoms with van der Waals surface area (Å²) in [4.78, 5) is 54.9. The molecule has 0 aliphatic carbocycles. The number of hydrogen-bond acceptors (Lipinski definition) is 7. The lowest BCUT2D eigenvalue weighted by atomic mass is 9.82. The zero-order chi connectivity index (χ0) is 22.6. The van der Waals surface area contributed by atoms with Crippen molar-refractivity contribution in [3.63, 3.8) is 0 Å². The van der Waals surface area contributed by atoms with E-state index in [0.29, 0.717) is 11.3 Å². The maximum atomic E-state index is 13.1. The molecule has 0 radical (unpaired) electrons. The van der Waals surface area contributed by atoms with Gasteiger partial charge in [-0.1, -0.05) is 6.07 Å². The lowest BCUT2D eigenvalue weighted by molar-refractivity contribution is -0.127. The molecule has 0 saturated carbocycles. The zero-order valence-corrected chi connectivity index (χ0v) is 16.9. The van der Waals surface area contributed by atoms with Gasteiger partial charge in [0.25, 0.3) is 5.91 Å². The van der Waals surface area contributed by atoms with Crippen molar-refractivity contribution >= 4 is 34.8 Å². The second-order valence-corrected chi connectivity index (χ2v) is 7.82. The number of carbonyl (C=O) groups excluding carboxylic acids is 3. The van der Waals surface area contributed by atoms with Crippen LogP contribution >= 0.6 is 0 Å². The molecule has 2 aromatic heterocycles. The highest BCUT2D eigenvalue weighted by atomic mass is 16.5. The minimum atomic E-state index is -1.46. The molecule has 1 saturated heterocycles. The van der Waals surface area contributed by atoms with Gasteiger partial charge in [-0.25, -0.2) is 9.78 Å². The summed E-state index contributed by atoms with van der Waals surface area (Å²) in [5.74, 6) is -1.86. The summed E-state index contributed by atoms with van der Waals surface area (Å²) in [6, 6.07) is 9.37. The van der Waals surface area contributed by atoms with E-state index in [1.165, 1.54) is 30.2 Å². The maximum Gasteiger partial charge on any atom is 0.354 e. The summed E-state index contributed by atoms with van der Waals surface area (Å²) >= 11 is 0. The summed E-state index contributed by atoms with van der Waals surface area (Å²) in [6.45, 7) is 0.176. The number of aromatic carboxylic acids is 1. The summed E-state index contributed by atoms with van der Waals surface area (Å²) in [7, 11) is 1.51. The minimum absolute atomic E-state index is 0.0913. The van der Waals surface area contributed by atoms with Gasteiger partial charge in [0, 0.05) is 24.7 Å². The van der Waals surface area contributed by atoms with E-state index in [9.17, 15) is 24.3 Å². The number of carboxylic acids is 1. The fraction of sp³-hybridized carbons (Fsp3) is 0.227. The number of ether oxygens (including phenoxy) is 1. The number of rotatable bonds is 5. The summed E-state index contributed by atoms with van der Waals surface area (Å²) in [5, 5.41) is 11.5. The third-order valence-electron chi connectivity index (χ3n) is 5.87. The van der Waals surface area contributed by atoms with Gasteiger partial charge in [0.05, 0.1) is 13.5 Å². The Morgan fingerprint density at radius 1 is 1.25 bits per heavy atom. The van der Waals surface area contributed by atoms with E-state index in [2.05, 4.69) is 10.3 Å². The first-order valence-corrected chi connectivity index (χ1v) is 9.75. The Labute approximate surface area is 180 Å². The summed E-state index contributed by atoms with van der Waals surface area (Å²) in [6.07, 6.45) is -0.207. The number of nitrogens with one attached hydrogen (secondary N) is 1. The Bertz CT molecular complexity index is 1330. The van der Waals surface area contributed by atoms with E-state index in [1.807, 2.05) is 0 Å². The second kappa shape index (κ2) is 6.91. The van der Waals surface area contributed by atoms with Gasteiger partial charge in [-0.15, -0.1) is 0 Å². The molecule has 0 unspecified atom stereocenters. The number of benzene rings is 1. The van der Waals surface area contributed by atoms with Crippen molar-refractivity contribution in [1.82, 2.24) is 15.2 Å². The normalized spacial score (nSPS) is 20.0. The topological polar surface area (TPSA) is 139 Å². The molecular formula is C22H17N3O7. The molecule has 0 bridgehead atoms. The van der Waals surface area contributed by atoms with Gasteiger partial charge in [-0.2, -0.15) is 0 Å². The summed E-state index contributed by atoms with van der Waals surface area (Å²) < 4.78 is 11.0. The number of furan rings is 1. The van der Waals surface area contributed by atoms with Crippen LogP contribution in [0.5, 0.6) is 5.75 Å². The standard InChI is InChI=1S/C22H17N3O7/c1-31-12-3-2-11-9-25(19(27)13(11)6-12)10-22(8-18(26)24-21(22)30)17-7-15-16(32-17)5-4-14(23-15)20(28)29/h2-7H,8-10H2,1H3,(H,28,29)(H,24,26,30)/t22-/m1/s1. The Kier molecular flexibility index (Phi) is 4.26. The predicted octanol–water partition coefficient (Wildman–Crippen LogP) is 1.47. The van der Waals surface area contributed by atoms with Gasteiger partial charge in [0.15, 0.2) is 5.58 Å². The monoisotopic (exact) mass is 435 g/mol. The molecule has 3 aromatic rings. The third-order valence-corrected chi connectivity index (χ3v) is 5.87. The number of carbonyl (C=O) groups is 4. The van der Waals surface area contributed by atoms with Crippen molar-refractivity contribution in [3.8, 4) is 5.75 Å². The van der Waals surface area contributed by atoms with Gasteiger partial charge < -0.3 is 19.2 Å². The van der Waals surface area contributed by atoms with Crippen molar-refractivity contribution in [2.45, 2.75) is 18.4 Å². The van der Waals surface area contributed by atoms with Gasteiger partial charge in [0.1, 0.15) is 28.1 Å². The molecule has 3 amide bonds. The average molecular weight is 435 g/mol. The average Bonchev–Trinajstić information content (AvgIpc) is 3.41. The Morgan fingerprint density at radius 3 is 2.75 bits per heavy atom. The van der Waals surface area contributed by atoms with E-state index in [4.69, 9.17) is 9.15 Å². The minimum Gasteiger partial charge on any atom is -0.497 e. The number of pyridine rings is 1. The molecule has 1 aromatic carbocycles. The molecule has 10 nitrogen and oxygen atoms in total.